The van der Waals surface area contributed by atoms with Gasteiger partial charge in [-0.3, -0.25) is 4.79 Å². The quantitative estimate of drug-likeness (QED) is 0.714. The number of benzene rings is 1. The van der Waals surface area contributed by atoms with E-state index in [1.165, 1.54) is 0 Å². The summed E-state index contributed by atoms with van der Waals surface area (Å²) in [4.78, 5) is 15.6. The lowest BCUT2D eigenvalue weighted by molar-refractivity contribution is -0.120. The standard InChI is InChI=1S/C19H18FN3O/c1-12-8-9-21-19-11-18(22-23(12)19)16-7-4-14(10-17(16)20)13-2-5-15(24)6-3-13/h4,7-11,13H,2-3,5-6H2,1H3. The Hall–Kier alpha value is -2.56. The van der Waals surface area contributed by atoms with Crippen molar-refractivity contribution in [2.75, 3.05) is 0 Å². The number of aromatic nitrogens is 3. The van der Waals surface area contributed by atoms with E-state index in [9.17, 15) is 9.18 Å². The van der Waals surface area contributed by atoms with Gasteiger partial charge in [0.1, 0.15) is 11.6 Å². The molecule has 0 atom stereocenters. The first kappa shape index (κ1) is 15.0. The largest absolute Gasteiger partial charge is 0.300 e. The van der Waals surface area contributed by atoms with Crippen molar-refractivity contribution in [1.29, 1.82) is 0 Å². The van der Waals surface area contributed by atoms with E-state index >= 15 is 0 Å². The van der Waals surface area contributed by atoms with Crippen LogP contribution in [0.4, 0.5) is 4.39 Å². The molecule has 0 N–H and O–H groups in total. The predicted octanol–water partition coefficient (Wildman–Crippen LogP) is 4.07. The van der Waals surface area contributed by atoms with E-state index in [1.54, 1.807) is 28.9 Å². The van der Waals surface area contributed by atoms with E-state index in [1.807, 2.05) is 19.1 Å². The molecular weight excluding hydrogens is 305 g/mol. The fraction of sp³-hybridized carbons (Fsp3) is 0.316. The van der Waals surface area contributed by atoms with Crippen LogP contribution < -0.4 is 0 Å². The SMILES string of the molecule is Cc1ccnc2cc(-c3ccc(C4CCC(=O)CC4)cc3F)nn12. The van der Waals surface area contributed by atoms with Crippen molar-refractivity contribution in [2.45, 2.75) is 38.5 Å². The molecular formula is C19H18FN3O. The summed E-state index contributed by atoms with van der Waals surface area (Å²) >= 11 is 0. The summed E-state index contributed by atoms with van der Waals surface area (Å²) in [6, 6.07) is 9.01. The molecule has 2 heterocycles. The molecule has 4 nitrogen and oxygen atoms in total. The lowest BCUT2D eigenvalue weighted by Crippen LogP contribution is -2.12. The smallest absolute Gasteiger partial charge is 0.155 e. The number of hydrogen-bond donors (Lipinski definition) is 0. The highest BCUT2D eigenvalue weighted by molar-refractivity contribution is 5.79. The predicted molar refractivity (Wildman–Crippen MR) is 89.3 cm³/mol. The Morgan fingerprint density at radius 3 is 2.67 bits per heavy atom. The van der Waals surface area contributed by atoms with Gasteiger partial charge in [-0.15, -0.1) is 0 Å². The molecule has 1 fully saturated rings. The Kier molecular flexibility index (Phi) is 3.63. The van der Waals surface area contributed by atoms with E-state index in [-0.39, 0.29) is 11.7 Å². The van der Waals surface area contributed by atoms with Crippen LogP contribution in [-0.4, -0.2) is 20.4 Å². The van der Waals surface area contributed by atoms with E-state index in [0.717, 1.165) is 24.1 Å². The molecule has 1 aliphatic rings. The third-order valence-corrected chi connectivity index (χ3v) is 4.83. The molecule has 3 aromatic rings. The van der Waals surface area contributed by atoms with Gasteiger partial charge in [-0.1, -0.05) is 6.07 Å². The Balaban J connectivity index is 1.68. The zero-order valence-corrected chi connectivity index (χ0v) is 13.5. The minimum absolute atomic E-state index is 0.273. The van der Waals surface area contributed by atoms with Gasteiger partial charge in [0.15, 0.2) is 5.65 Å². The number of hydrogen-bond acceptors (Lipinski definition) is 3. The highest BCUT2D eigenvalue weighted by Gasteiger charge is 2.21. The molecule has 0 bridgehead atoms. The third kappa shape index (κ3) is 2.60. The zero-order valence-electron chi connectivity index (χ0n) is 13.5. The van der Waals surface area contributed by atoms with Crippen LogP contribution in [0.5, 0.6) is 0 Å². The van der Waals surface area contributed by atoms with E-state index in [2.05, 4.69) is 10.1 Å². The average Bonchev–Trinajstić information content (AvgIpc) is 3.01. The first-order valence-electron chi connectivity index (χ1n) is 8.25. The van der Waals surface area contributed by atoms with Gasteiger partial charge in [0.05, 0.1) is 5.69 Å². The Morgan fingerprint density at radius 1 is 1.17 bits per heavy atom. The van der Waals surface area contributed by atoms with Gasteiger partial charge in [0.2, 0.25) is 0 Å². The molecule has 24 heavy (non-hydrogen) atoms. The van der Waals surface area contributed by atoms with Gasteiger partial charge < -0.3 is 0 Å². The fourth-order valence-electron chi connectivity index (χ4n) is 3.41. The lowest BCUT2D eigenvalue weighted by Gasteiger charge is -2.21. The molecule has 122 valence electrons. The van der Waals surface area contributed by atoms with Crippen molar-refractivity contribution < 1.29 is 9.18 Å². The molecule has 5 heteroatoms. The van der Waals surface area contributed by atoms with E-state index in [0.29, 0.717) is 35.5 Å². The van der Waals surface area contributed by atoms with Crippen LogP contribution >= 0.6 is 0 Å². The molecule has 2 aromatic heterocycles. The van der Waals surface area contributed by atoms with Gasteiger partial charge in [-0.05, 0) is 49.4 Å². The molecule has 0 saturated heterocycles. The van der Waals surface area contributed by atoms with Crippen molar-refractivity contribution in [3.63, 3.8) is 0 Å². The summed E-state index contributed by atoms with van der Waals surface area (Å²) < 4.78 is 16.4. The van der Waals surface area contributed by atoms with Gasteiger partial charge >= 0.3 is 0 Å². The number of Topliss-reactive ketones (excluding diaryl/α,β-unsaturated/α-hetero) is 1. The number of rotatable bonds is 2. The minimum Gasteiger partial charge on any atom is -0.300 e. The number of fused-ring (bicyclic) bond motifs is 1. The number of carbonyl (C=O) groups is 1. The summed E-state index contributed by atoms with van der Waals surface area (Å²) in [6.45, 7) is 1.94. The lowest BCUT2D eigenvalue weighted by atomic mass is 9.83. The normalized spacial score (nSPS) is 16.0. The van der Waals surface area contributed by atoms with Crippen molar-refractivity contribution in [3.05, 3.63) is 53.6 Å². The number of aryl methyl sites for hydroxylation is 1. The van der Waals surface area contributed by atoms with Crippen molar-refractivity contribution in [1.82, 2.24) is 14.6 Å². The van der Waals surface area contributed by atoms with E-state index in [4.69, 9.17) is 0 Å². The second kappa shape index (κ2) is 5.82. The second-order valence-corrected chi connectivity index (χ2v) is 6.44. The van der Waals surface area contributed by atoms with Crippen LogP contribution in [0.2, 0.25) is 0 Å². The van der Waals surface area contributed by atoms with Crippen molar-refractivity contribution in [3.8, 4) is 11.3 Å². The highest BCUT2D eigenvalue weighted by Crippen LogP contribution is 2.33. The molecule has 4 rings (SSSR count). The molecule has 0 spiro atoms. The molecule has 1 aromatic carbocycles. The maximum Gasteiger partial charge on any atom is 0.155 e. The molecule has 0 radical (unpaired) electrons. The molecule has 1 saturated carbocycles. The highest BCUT2D eigenvalue weighted by atomic mass is 19.1. The van der Waals surface area contributed by atoms with Crippen LogP contribution in [0.15, 0.2) is 36.5 Å². The maximum absolute atomic E-state index is 14.7. The molecule has 0 aliphatic heterocycles. The summed E-state index contributed by atoms with van der Waals surface area (Å²) in [6.07, 6.45) is 4.56. The number of carbonyl (C=O) groups excluding carboxylic acids is 1. The Labute approximate surface area is 139 Å². The average molecular weight is 323 g/mol. The van der Waals surface area contributed by atoms with Crippen LogP contribution in [0.1, 0.15) is 42.9 Å². The van der Waals surface area contributed by atoms with Crippen molar-refractivity contribution in [2.24, 2.45) is 0 Å². The monoisotopic (exact) mass is 323 g/mol. The third-order valence-electron chi connectivity index (χ3n) is 4.83. The van der Waals surface area contributed by atoms with Gasteiger partial charge in [0.25, 0.3) is 0 Å². The maximum atomic E-state index is 14.7. The van der Waals surface area contributed by atoms with Crippen LogP contribution in [0.25, 0.3) is 16.9 Å². The minimum atomic E-state index is -0.273. The van der Waals surface area contributed by atoms with Crippen molar-refractivity contribution >= 4 is 11.4 Å². The fourth-order valence-corrected chi connectivity index (χ4v) is 3.41. The first-order valence-corrected chi connectivity index (χ1v) is 8.25. The number of ketones is 1. The summed E-state index contributed by atoms with van der Waals surface area (Å²) in [5.74, 6) is 0.317. The van der Waals surface area contributed by atoms with Crippen LogP contribution in [0, 0.1) is 12.7 Å². The topological polar surface area (TPSA) is 47.3 Å². The zero-order chi connectivity index (χ0) is 16.7. The van der Waals surface area contributed by atoms with E-state index < -0.39 is 0 Å². The van der Waals surface area contributed by atoms with Crippen LogP contribution in [0.3, 0.4) is 0 Å². The Bertz CT molecular complexity index is 922. The Morgan fingerprint density at radius 2 is 1.96 bits per heavy atom. The van der Waals surface area contributed by atoms with Gasteiger partial charge in [-0.2, -0.15) is 5.10 Å². The van der Waals surface area contributed by atoms with Crippen LogP contribution in [-0.2, 0) is 4.79 Å². The molecule has 1 aliphatic carbocycles. The summed E-state index contributed by atoms with van der Waals surface area (Å²) in [5, 5.41) is 4.46. The molecule has 0 amide bonds. The molecule has 0 unspecified atom stereocenters. The summed E-state index contributed by atoms with van der Waals surface area (Å²) in [5.41, 5.74) is 3.70. The van der Waals surface area contributed by atoms with Gasteiger partial charge in [-0.25, -0.2) is 13.9 Å². The number of halogens is 1. The first-order chi connectivity index (χ1) is 11.6. The summed E-state index contributed by atoms with van der Waals surface area (Å²) in [7, 11) is 0. The second-order valence-electron chi connectivity index (χ2n) is 6.44. The van der Waals surface area contributed by atoms with Gasteiger partial charge in [0, 0.05) is 36.4 Å². The number of nitrogens with zero attached hydrogens (tertiary/aromatic N) is 3.